The SMILES string of the molecule is CC/C=C\C/C=C\C/C=C\C/C=C\C/C=C\C/C=C\CCCCCCC(=O)OCC(O)COP(=O)(O)OCC(O)COP(=O)(O)OCC(COC(=O)CCCCCCC/C=C\CCCCCC)OC(=O)CCCCCCCCCCCCC. The van der Waals surface area contributed by atoms with Crippen LogP contribution in [0.4, 0.5) is 0 Å². The predicted molar refractivity (Wildman–Crippen MR) is 334 cm³/mol. The molecule has 0 aliphatic carbocycles. The first-order chi connectivity index (χ1) is 40.2. The molecule has 83 heavy (non-hydrogen) atoms. The van der Waals surface area contributed by atoms with E-state index in [-0.39, 0.29) is 19.3 Å². The monoisotopic (exact) mass is 1210 g/mol. The molecule has 0 heterocycles. The summed E-state index contributed by atoms with van der Waals surface area (Å²) in [5.74, 6) is -1.60. The van der Waals surface area contributed by atoms with Gasteiger partial charge < -0.3 is 34.2 Å². The average molecular weight is 1210 g/mol. The van der Waals surface area contributed by atoms with Crippen molar-refractivity contribution in [3.8, 4) is 0 Å². The summed E-state index contributed by atoms with van der Waals surface area (Å²) in [7, 11) is -9.76. The van der Waals surface area contributed by atoms with Crippen molar-refractivity contribution in [1.82, 2.24) is 0 Å². The fourth-order valence-electron chi connectivity index (χ4n) is 8.21. The fourth-order valence-corrected chi connectivity index (χ4v) is 9.80. The molecule has 0 aromatic rings. The van der Waals surface area contributed by atoms with E-state index >= 15 is 0 Å². The van der Waals surface area contributed by atoms with Crippen LogP contribution in [0, 0.1) is 0 Å². The maximum atomic E-state index is 12.8. The van der Waals surface area contributed by atoms with Gasteiger partial charge in [0.05, 0.1) is 26.4 Å². The Morgan fingerprint density at radius 1 is 0.349 bits per heavy atom. The molecule has 0 aliphatic rings. The van der Waals surface area contributed by atoms with Crippen molar-refractivity contribution in [2.24, 2.45) is 0 Å². The number of aliphatic hydroxyl groups is 2. The Bertz CT molecular complexity index is 1860. The number of carbonyl (C=O) groups excluding carboxylic acids is 3. The standard InChI is InChI=1S/C65H114O16P2/c1-4-7-10-13-16-19-22-24-25-26-27-28-29-30-31-32-33-35-38-39-42-45-48-51-63(68)75-54-60(66)55-77-82(71,72)78-56-61(67)57-79-83(73,74)80-59-62(81-65(70)53-50-47-44-41-36-21-18-15-12-9-6-3)58-76-64(69)52-49-46-43-40-37-34-23-20-17-14-11-8-5-2/h7,10,16,19-20,23-25,27-28,30-31,33,35,60-62,66-67H,4-6,8-9,11-15,17-18,21-22,26,29,32,34,36-59H2,1-3H3,(H,71,72)(H,73,74)/b10-7-,19-16-,23-20-,25-24-,28-27-,31-30-,35-33-. The van der Waals surface area contributed by atoms with Gasteiger partial charge in [-0.25, -0.2) is 9.13 Å². The first-order valence-electron chi connectivity index (χ1n) is 31.9. The molecule has 0 fully saturated rings. The summed E-state index contributed by atoms with van der Waals surface area (Å²) in [6, 6.07) is 0. The van der Waals surface area contributed by atoms with E-state index in [1.807, 2.05) is 0 Å². The highest BCUT2D eigenvalue weighted by atomic mass is 31.2. The van der Waals surface area contributed by atoms with Crippen molar-refractivity contribution >= 4 is 33.6 Å². The molecule has 0 bridgehead atoms. The number of ether oxygens (including phenoxy) is 3. The summed E-state index contributed by atoms with van der Waals surface area (Å²) in [6.07, 6.45) is 60.8. The van der Waals surface area contributed by atoms with Crippen LogP contribution in [0.15, 0.2) is 85.1 Å². The number of rotatable bonds is 60. The predicted octanol–water partition coefficient (Wildman–Crippen LogP) is 17.0. The van der Waals surface area contributed by atoms with Crippen molar-refractivity contribution in [2.75, 3.05) is 39.6 Å². The van der Waals surface area contributed by atoms with E-state index in [4.69, 9.17) is 32.3 Å². The van der Waals surface area contributed by atoms with Crippen molar-refractivity contribution in [2.45, 2.75) is 270 Å². The molecule has 0 amide bonds. The largest absolute Gasteiger partial charge is 0.472 e. The van der Waals surface area contributed by atoms with Crippen LogP contribution in [0.2, 0.25) is 0 Å². The molecule has 0 rings (SSSR count). The summed E-state index contributed by atoms with van der Waals surface area (Å²) in [6.45, 7) is 2.48. The Kier molecular flexibility index (Phi) is 56.8. The van der Waals surface area contributed by atoms with Crippen molar-refractivity contribution in [3.63, 3.8) is 0 Å². The second-order valence-corrected chi connectivity index (χ2v) is 24.1. The number of aliphatic hydroxyl groups excluding tert-OH is 2. The van der Waals surface area contributed by atoms with E-state index in [9.17, 15) is 43.5 Å². The lowest BCUT2D eigenvalue weighted by Crippen LogP contribution is -2.30. The van der Waals surface area contributed by atoms with Gasteiger partial charge in [-0.2, -0.15) is 0 Å². The maximum absolute atomic E-state index is 12.8. The van der Waals surface area contributed by atoms with E-state index in [1.54, 1.807) is 0 Å². The molecule has 0 aromatic heterocycles. The lowest BCUT2D eigenvalue weighted by Gasteiger charge is -2.21. The molecule has 4 N–H and O–H groups in total. The number of phosphoric ester groups is 2. The molecule has 5 unspecified atom stereocenters. The van der Waals surface area contributed by atoms with Gasteiger partial charge in [-0.1, -0.05) is 221 Å². The molecule has 0 spiro atoms. The van der Waals surface area contributed by atoms with Crippen molar-refractivity contribution < 1.29 is 75.8 Å². The summed E-state index contributed by atoms with van der Waals surface area (Å²) in [5.41, 5.74) is 0. The second kappa shape index (κ2) is 59.1. The summed E-state index contributed by atoms with van der Waals surface area (Å²) < 4.78 is 60.6. The zero-order valence-electron chi connectivity index (χ0n) is 51.6. The van der Waals surface area contributed by atoms with Gasteiger partial charge in [0.2, 0.25) is 0 Å². The van der Waals surface area contributed by atoms with Gasteiger partial charge in [0, 0.05) is 19.3 Å². The van der Waals surface area contributed by atoms with Gasteiger partial charge in [-0.05, 0) is 96.3 Å². The van der Waals surface area contributed by atoms with E-state index < -0.39 is 91.5 Å². The normalized spacial score (nSPS) is 14.9. The van der Waals surface area contributed by atoms with Crippen molar-refractivity contribution in [3.05, 3.63) is 85.1 Å². The molecule has 5 atom stereocenters. The van der Waals surface area contributed by atoms with Gasteiger partial charge >= 0.3 is 33.6 Å². The summed E-state index contributed by atoms with van der Waals surface area (Å²) in [5, 5.41) is 20.5. The van der Waals surface area contributed by atoms with E-state index in [2.05, 4.69) is 106 Å². The highest BCUT2D eigenvalue weighted by Crippen LogP contribution is 2.45. The minimum atomic E-state index is -4.91. The maximum Gasteiger partial charge on any atom is 0.472 e. The molecule has 0 saturated carbocycles. The van der Waals surface area contributed by atoms with Gasteiger partial charge in [0.15, 0.2) is 6.10 Å². The molecular weight excluding hydrogens is 1100 g/mol. The highest BCUT2D eigenvalue weighted by molar-refractivity contribution is 7.47. The third kappa shape index (κ3) is 60.2. The topological polar surface area (TPSA) is 231 Å². The van der Waals surface area contributed by atoms with Gasteiger partial charge in [-0.3, -0.25) is 32.5 Å². The number of phosphoric acid groups is 2. The average Bonchev–Trinajstić information content (AvgIpc) is 3.46. The summed E-state index contributed by atoms with van der Waals surface area (Å²) in [4.78, 5) is 58.1. The van der Waals surface area contributed by atoms with Crippen LogP contribution in [0.5, 0.6) is 0 Å². The van der Waals surface area contributed by atoms with E-state index in [1.165, 1.54) is 64.2 Å². The number of hydrogen-bond donors (Lipinski definition) is 4. The Morgan fingerprint density at radius 3 is 1.04 bits per heavy atom. The smallest absolute Gasteiger partial charge is 0.463 e. The zero-order chi connectivity index (χ0) is 61.0. The van der Waals surface area contributed by atoms with Crippen LogP contribution in [0.25, 0.3) is 0 Å². The fraction of sp³-hybridized carbons (Fsp3) is 0.738. The molecule has 480 valence electrons. The third-order valence-corrected chi connectivity index (χ3v) is 15.0. The first kappa shape index (κ1) is 79.7. The molecule has 0 aromatic carbocycles. The van der Waals surface area contributed by atoms with Crippen molar-refractivity contribution in [1.29, 1.82) is 0 Å². The number of carbonyl (C=O) groups is 3. The molecule has 0 saturated heterocycles. The van der Waals surface area contributed by atoms with Crippen LogP contribution in [-0.4, -0.2) is 95.9 Å². The Hall–Kier alpha value is -3.27. The van der Waals surface area contributed by atoms with Gasteiger partial charge in [0.25, 0.3) is 0 Å². The lowest BCUT2D eigenvalue weighted by atomic mass is 10.1. The quantitative estimate of drug-likeness (QED) is 0.0146. The van der Waals surface area contributed by atoms with Crippen LogP contribution >= 0.6 is 15.6 Å². The van der Waals surface area contributed by atoms with Gasteiger partial charge in [0.1, 0.15) is 25.4 Å². The van der Waals surface area contributed by atoms with Crippen LogP contribution in [-0.2, 0) is 55.8 Å². The molecule has 0 aliphatic heterocycles. The Balaban J connectivity index is 4.56. The molecule has 0 radical (unpaired) electrons. The minimum Gasteiger partial charge on any atom is -0.463 e. The molecule has 18 heteroatoms. The number of esters is 3. The third-order valence-electron chi connectivity index (χ3n) is 13.1. The Labute approximate surface area is 502 Å². The number of hydrogen-bond acceptors (Lipinski definition) is 14. The first-order valence-corrected chi connectivity index (χ1v) is 34.9. The molecular formula is C65H114O16P2. The van der Waals surface area contributed by atoms with E-state index in [0.29, 0.717) is 19.3 Å². The summed E-state index contributed by atoms with van der Waals surface area (Å²) >= 11 is 0. The lowest BCUT2D eigenvalue weighted by molar-refractivity contribution is -0.161. The number of unbranched alkanes of at least 4 members (excludes halogenated alkanes) is 23. The second-order valence-electron chi connectivity index (χ2n) is 21.2. The Morgan fingerprint density at radius 2 is 0.639 bits per heavy atom. The van der Waals surface area contributed by atoms with E-state index in [0.717, 1.165) is 128 Å². The van der Waals surface area contributed by atoms with Gasteiger partial charge in [-0.15, -0.1) is 0 Å². The minimum absolute atomic E-state index is 0.106. The highest BCUT2D eigenvalue weighted by Gasteiger charge is 2.29. The van der Waals surface area contributed by atoms with Crippen LogP contribution in [0.1, 0.15) is 252 Å². The molecule has 16 nitrogen and oxygen atoms in total. The van der Waals surface area contributed by atoms with Crippen LogP contribution < -0.4 is 0 Å². The van der Waals surface area contributed by atoms with Crippen LogP contribution in [0.3, 0.4) is 0 Å². The number of allylic oxidation sites excluding steroid dienone is 14. The zero-order valence-corrected chi connectivity index (χ0v) is 53.4.